The van der Waals surface area contributed by atoms with Crippen LogP contribution in [0.2, 0.25) is 0 Å². The average molecular weight is 254 g/mol. The minimum atomic E-state index is -0.472. The van der Waals surface area contributed by atoms with E-state index in [1.807, 2.05) is 0 Å². The van der Waals surface area contributed by atoms with Crippen molar-refractivity contribution < 1.29 is 14.8 Å². The Labute approximate surface area is 103 Å². The van der Waals surface area contributed by atoms with Crippen LogP contribution >= 0.6 is 0 Å². The van der Waals surface area contributed by atoms with Crippen LogP contribution in [0.4, 0.5) is 0 Å². The summed E-state index contributed by atoms with van der Waals surface area (Å²) in [5.41, 5.74) is 8.40. The summed E-state index contributed by atoms with van der Waals surface area (Å²) in [7, 11) is 0. The number of rotatable bonds is 7. The van der Waals surface area contributed by atoms with Gasteiger partial charge in [0.15, 0.2) is 0 Å². The predicted octanol–water partition coefficient (Wildman–Crippen LogP) is 1.90. The zero-order valence-electron chi connectivity index (χ0n) is 9.78. The van der Waals surface area contributed by atoms with Crippen LogP contribution in [-0.2, 0) is 4.74 Å². The Bertz CT molecular complexity index is 424. The molecule has 1 N–H and O–H groups in total. The molecule has 0 saturated carbocycles. The molecule has 0 bridgehead atoms. The maximum Gasteiger partial charge on any atom is 0.252 e. The Balaban J connectivity index is 2.53. The van der Waals surface area contributed by atoms with Crippen LogP contribution in [0.25, 0.3) is 10.4 Å². The Morgan fingerprint density at radius 3 is 3.00 bits per heavy atom. The Hall–Kier alpha value is -2.05. The smallest absolute Gasteiger partial charge is 0.252 e. The summed E-state index contributed by atoms with van der Waals surface area (Å²) >= 11 is 0. The molecule has 0 aromatic carbocycles. The summed E-state index contributed by atoms with van der Waals surface area (Å²) < 4.78 is 5.40. The maximum atomic E-state index is 10.7. The second-order valence-corrected chi connectivity index (χ2v) is 3.65. The zero-order valence-corrected chi connectivity index (χ0v) is 9.78. The lowest BCUT2D eigenvalue weighted by Gasteiger charge is -2.15. The normalized spacial score (nSPS) is 14.8. The molecule has 98 valence electrons. The number of azide groups is 1. The van der Waals surface area contributed by atoms with Crippen LogP contribution in [0.1, 0.15) is 19.3 Å². The van der Waals surface area contributed by atoms with E-state index in [0.29, 0.717) is 31.8 Å². The number of nitrogens with zero attached hydrogens (tertiary/aromatic N) is 4. The highest BCUT2D eigenvalue weighted by Crippen LogP contribution is 2.24. The molecule has 0 aromatic heterocycles. The Kier molecular flexibility index (Phi) is 5.69. The van der Waals surface area contributed by atoms with E-state index in [1.54, 1.807) is 0 Å². The van der Waals surface area contributed by atoms with Crippen LogP contribution < -0.4 is 0 Å². The van der Waals surface area contributed by atoms with Crippen molar-refractivity contribution in [3.8, 4) is 0 Å². The summed E-state index contributed by atoms with van der Waals surface area (Å²) in [4.78, 5) is 12.8. The first-order valence-electron chi connectivity index (χ1n) is 5.50. The van der Waals surface area contributed by atoms with Gasteiger partial charge >= 0.3 is 0 Å². The second kappa shape index (κ2) is 7.31. The molecule has 8 heteroatoms. The standard InChI is InChI=1S/C10H14N4O4/c11-13-12-4-1-5-18-9-2-3-10(14(16)17)8(6-9)7-15/h6,15H,1-5,7H2. The minimum Gasteiger partial charge on any atom is -0.498 e. The van der Waals surface area contributed by atoms with Crippen LogP contribution in [-0.4, -0.2) is 29.8 Å². The van der Waals surface area contributed by atoms with Gasteiger partial charge in [0.05, 0.1) is 29.5 Å². The van der Waals surface area contributed by atoms with E-state index >= 15 is 0 Å². The highest BCUT2D eigenvalue weighted by atomic mass is 16.6. The van der Waals surface area contributed by atoms with Crippen LogP contribution in [0.5, 0.6) is 0 Å². The fourth-order valence-electron chi connectivity index (χ4n) is 1.59. The van der Waals surface area contributed by atoms with E-state index < -0.39 is 4.92 Å². The summed E-state index contributed by atoms with van der Waals surface area (Å²) in [5.74, 6) is 0.616. The molecule has 1 aliphatic rings. The van der Waals surface area contributed by atoms with E-state index in [1.165, 1.54) is 6.08 Å². The lowest BCUT2D eigenvalue weighted by atomic mass is 10.0. The fraction of sp³-hybridized carbons (Fsp3) is 0.600. The summed E-state index contributed by atoms with van der Waals surface area (Å²) in [5, 5.41) is 23.1. The van der Waals surface area contributed by atoms with Gasteiger partial charge in [-0.1, -0.05) is 5.11 Å². The average Bonchev–Trinajstić information content (AvgIpc) is 2.38. The van der Waals surface area contributed by atoms with Crippen molar-refractivity contribution in [3.63, 3.8) is 0 Å². The van der Waals surface area contributed by atoms with Crippen LogP contribution in [0.15, 0.2) is 28.2 Å². The predicted molar refractivity (Wildman–Crippen MR) is 63.0 cm³/mol. The molecular weight excluding hydrogens is 240 g/mol. The first-order chi connectivity index (χ1) is 8.69. The van der Waals surface area contributed by atoms with E-state index in [4.69, 9.17) is 15.4 Å². The van der Waals surface area contributed by atoms with Crippen molar-refractivity contribution in [2.75, 3.05) is 19.8 Å². The van der Waals surface area contributed by atoms with Crippen LogP contribution in [0, 0.1) is 10.1 Å². The van der Waals surface area contributed by atoms with E-state index in [2.05, 4.69) is 10.0 Å². The van der Waals surface area contributed by atoms with Crippen molar-refractivity contribution in [3.05, 3.63) is 43.7 Å². The number of nitro groups is 1. The SMILES string of the molecule is [N-]=[N+]=NCCCOC1=CC(CO)=C([N+](=O)[O-])CC1. The van der Waals surface area contributed by atoms with Gasteiger partial charge in [0.25, 0.3) is 5.70 Å². The van der Waals surface area contributed by atoms with Crippen molar-refractivity contribution >= 4 is 0 Å². The monoisotopic (exact) mass is 254 g/mol. The highest BCUT2D eigenvalue weighted by molar-refractivity contribution is 5.28. The van der Waals surface area contributed by atoms with E-state index in [-0.39, 0.29) is 24.3 Å². The number of hydrogen-bond donors (Lipinski definition) is 1. The van der Waals surface area contributed by atoms with E-state index in [9.17, 15) is 10.1 Å². The summed E-state index contributed by atoms with van der Waals surface area (Å²) in [6.45, 7) is 0.367. The molecule has 18 heavy (non-hydrogen) atoms. The molecule has 0 radical (unpaired) electrons. The van der Waals surface area contributed by atoms with Gasteiger partial charge in [-0.3, -0.25) is 10.1 Å². The van der Waals surface area contributed by atoms with Gasteiger partial charge in [-0.2, -0.15) is 0 Å². The first-order valence-corrected chi connectivity index (χ1v) is 5.50. The maximum absolute atomic E-state index is 10.7. The molecule has 0 amide bonds. The van der Waals surface area contributed by atoms with Crippen molar-refractivity contribution in [2.45, 2.75) is 19.3 Å². The van der Waals surface area contributed by atoms with Gasteiger partial charge in [-0.05, 0) is 18.0 Å². The molecule has 1 rings (SSSR count). The highest BCUT2D eigenvalue weighted by Gasteiger charge is 2.22. The third kappa shape index (κ3) is 4.08. The van der Waals surface area contributed by atoms with Gasteiger partial charge < -0.3 is 9.84 Å². The molecule has 0 unspecified atom stereocenters. The van der Waals surface area contributed by atoms with Crippen molar-refractivity contribution in [1.82, 2.24) is 0 Å². The molecule has 1 aliphatic carbocycles. The van der Waals surface area contributed by atoms with Crippen LogP contribution in [0.3, 0.4) is 0 Å². The number of allylic oxidation sites excluding steroid dienone is 2. The van der Waals surface area contributed by atoms with Gasteiger partial charge in [0.2, 0.25) is 0 Å². The molecule has 0 aliphatic heterocycles. The molecule has 0 saturated heterocycles. The van der Waals surface area contributed by atoms with Gasteiger partial charge in [-0.15, -0.1) is 0 Å². The van der Waals surface area contributed by atoms with Gasteiger partial charge in [0.1, 0.15) is 0 Å². The molecule has 0 aromatic rings. The first kappa shape index (κ1) is 14.0. The van der Waals surface area contributed by atoms with E-state index in [0.717, 1.165) is 0 Å². The zero-order chi connectivity index (χ0) is 13.4. The molecule has 0 fully saturated rings. The quantitative estimate of drug-likeness (QED) is 0.186. The van der Waals surface area contributed by atoms with Crippen molar-refractivity contribution in [2.24, 2.45) is 5.11 Å². The number of ether oxygens (including phenoxy) is 1. The largest absolute Gasteiger partial charge is 0.498 e. The molecule has 0 spiro atoms. The summed E-state index contributed by atoms with van der Waals surface area (Å²) in [6, 6.07) is 0. The fourth-order valence-corrected chi connectivity index (χ4v) is 1.59. The second-order valence-electron chi connectivity index (χ2n) is 3.65. The molecule has 0 atom stereocenters. The molecular formula is C10H14N4O4. The third-order valence-corrected chi connectivity index (χ3v) is 2.46. The number of aliphatic hydroxyl groups excluding tert-OH is 1. The minimum absolute atomic E-state index is 0.0407. The molecule has 0 heterocycles. The summed E-state index contributed by atoms with van der Waals surface area (Å²) in [6.07, 6.45) is 2.79. The van der Waals surface area contributed by atoms with Gasteiger partial charge in [0, 0.05) is 24.3 Å². The lowest BCUT2D eigenvalue weighted by Crippen LogP contribution is -2.11. The Morgan fingerprint density at radius 1 is 1.61 bits per heavy atom. The Morgan fingerprint density at radius 2 is 2.39 bits per heavy atom. The number of aliphatic hydroxyl groups is 1. The lowest BCUT2D eigenvalue weighted by molar-refractivity contribution is -0.429. The number of hydrogen-bond acceptors (Lipinski definition) is 5. The third-order valence-electron chi connectivity index (χ3n) is 2.46. The topological polar surface area (TPSA) is 121 Å². The van der Waals surface area contributed by atoms with Crippen molar-refractivity contribution in [1.29, 1.82) is 0 Å². The molecule has 8 nitrogen and oxygen atoms in total. The van der Waals surface area contributed by atoms with Gasteiger partial charge in [-0.25, -0.2) is 0 Å².